The number of rotatable bonds is 4. The van der Waals surface area contributed by atoms with Crippen LogP contribution in [0.2, 0.25) is 5.15 Å². The Labute approximate surface area is 140 Å². The molecule has 8 heteroatoms. The number of nitrogens with one attached hydrogen (secondary N) is 1. The second-order valence-corrected chi connectivity index (χ2v) is 5.29. The number of halogens is 4. The first-order chi connectivity index (χ1) is 11.4. The number of aromatic nitrogens is 2. The summed E-state index contributed by atoms with van der Waals surface area (Å²) in [6.45, 7) is 0.396. The molecule has 0 saturated heterocycles. The monoisotopic (exact) mass is 353 g/mol. The summed E-state index contributed by atoms with van der Waals surface area (Å²) in [6.07, 6.45) is -2.83. The van der Waals surface area contributed by atoms with Crippen LogP contribution in [-0.4, -0.2) is 9.97 Å². The van der Waals surface area contributed by atoms with Crippen molar-refractivity contribution in [2.45, 2.75) is 12.7 Å². The maximum Gasteiger partial charge on any atom is 0.416 e. The first kappa shape index (κ1) is 16.3. The van der Waals surface area contributed by atoms with E-state index in [1.165, 1.54) is 18.2 Å². The molecule has 3 aromatic rings. The molecule has 4 nitrogen and oxygen atoms in total. The van der Waals surface area contributed by atoms with Crippen LogP contribution in [0.4, 0.5) is 19.0 Å². The van der Waals surface area contributed by atoms with Crippen molar-refractivity contribution >= 4 is 17.4 Å². The van der Waals surface area contributed by atoms with Gasteiger partial charge < -0.3 is 9.73 Å². The van der Waals surface area contributed by atoms with Crippen molar-refractivity contribution in [1.82, 2.24) is 9.97 Å². The van der Waals surface area contributed by atoms with Crippen LogP contribution in [0.3, 0.4) is 0 Å². The van der Waals surface area contributed by atoms with E-state index in [1.54, 1.807) is 18.4 Å². The maximum absolute atomic E-state index is 12.6. The number of benzene rings is 1. The highest BCUT2D eigenvalue weighted by molar-refractivity contribution is 6.29. The molecule has 0 amide bonds. The third-order valence-corrected chi connectivity index (χ3v) is 3.38. The molecule has 0 saturated carbocycles. The molecule has 2 aromatic heterocycles. The lowest BCUT2D eigenvalue weighted by atomic mass is 10.1. The van der Waals surface area contributed by atoms with Gasteiger partial charge in [-0.05, 0) is 24.3 Å². The Bertz CT molecular complexity index is 818. The average molecular weight is 354 g/mol. The van der Waals surface area contributed by atoms with Gasteiger partial charge in [0, 0.05) is 11.6 Å². The number of nitrogens with zero attached hydrogens (tertiary/aromatic N) is 2. The van der Waals surface area contributed by atoms with Gasteiger partial charge in [0.2, 0.25) is 0 Å². The average Bonchev–Trinajstić information content (AvgIpc) is 3.05. The van der Waals surface area contributed by atoms with E-state index < -0.39 is 11.7 Å². The molecule has 124 valence electrons. The van der Waals surface area contributed by atoms with Crippen molar-refractivity contribution in [2.24, 2.45) is 0 Å². The topological polar surface area (TPSA) is 51.0 Å². The second kappa shape index (κ2) is 6.52. The van der Waals surface area contributed by atoms with Crippen molar-refractivity contribution in [1.29, 1.82) is 0 Å². The lowest BCUT2D eigenvalue weighted by Gasteiger charge is -2.09. The minimum absolute atomic E-state index is 0.182. The third kappa shape index (κ3) is 3.86. The molecule has 0 unspecified atom stereocenters. The fourth-order valence-corrected chi connectivity index (χ4v) is 2.22. The molecule has 0 spiro atoms. The van der Waals surface area contributed by atoms with Crippen LogP contribution in [0.5, 0.6) is 0 Å². The summed E-state index contributed by atoms with van der Waals surface area (Å²) >= 11 is 5.97. The Balaban J connectivity index is 1.82. The highest BCUT2D eigenvalue weighted by Gasteiger charge is 2.30. The predicted molar refractivity (Wildman–Crippen MR) is 83.5 cm³/mol. The smallest absolute Gasteiger partial charge is 0.416 e. The van der Waals surface area contributed by atoms with Crippen molar-refractivity contribution in [3.63, 3.8) is 0 Å². The summed E-state index contributed by atoms with van der Waals surface area (Å²) in [4.78, 5) is 8.32. The Hall–Kier alpha value is -2.54. The molecule has 24 heavy (non-hydrogen) atoms. The standard InChI is InChI=1S/C16H11ClF3N3O/c17-13-8-14(21-9-12-2-1-7-24-12)23-15(22-13)10-3-5-11(6-4-10)16(18,19)20/h1-8H,9H2,(H,21,22,23). The zero-order valence-corrected chi connectivity index (χ0v) is 12.9. The molecule has 2 heterocycles. The van der Waals surface area contributed by atoms with Gasteiger partial charge in [-0.3, -0.25) is 0 Å². The minimum atomic E-state index is -4.39. The van der Waals surface area contributed by atoms with E-state index in [0.29, 0.717) is 23.7 Å². The van der Waals surface area contributed by atoms with Crippen molar-refractivity contribution in [2.75, 3.05) is 5.32 Å². The Kier molecular flexibility index (Phi) is 4.44. The van der Waals surface area contributed by atoms with E-state index in [0.717, 1.165) is 12.1 Å². The third-order valence-electron chi connectivity index (χ3n) is 3.19. The van der Waals surface area contributed by atoms with E-state index >= 15 is 0 Å². The normalized spacial score (nSPS) is 11.5. The fraction of sp³-hybridized carbons (Fsp3) is 0.125. The van der Waals surface area contributed by atoms with Crippen LogP contribution in [0.15, 0.2) is 53.1 Å². The summed E-state index contributed by atoms with van der Waals surface area (Å²) in [5.74, 6) is 1.39. The van der Waals surface area contributed by atoms with Gasteiger partial charge in [0.25, 0.3) is 0 Å². The number of alkyl halides is 3. The number of hydrogen-bond donors (Lipinski definition) is 1. The van der Waals surface area contributed by atoms with E-state index in [2.05, 4.69) is 15.3 Å². The molecular weight excluding hydrogens is 343 g/mol. The zero-order valence-electron chi connectivity index (χ0n) is 12.1. The molecule has 0 fully saturated rings. The van der Waals surface area contributed by atoms with Crippen LogP contribution >= 0.6 is 11.6 Å². The number of furan rings is 1. The van der Waals surface area contributed by atoms with E-state index in [-0.39, 0.29) is 11.0 Å². The van der Waals surface area contributed by atoms with Crippen LogP contribution in [0.1, 0.15) is 11.3 Å². The second-order valence-electron chi connectivity index (χ2n) is 4.91. The van der Waals surface area contributed by atoms with Gasteiger partial charge in [0.1, 0.15) is 16.7 Å². The highest BCUT2D eigenvalue weighted by atomic mass is 35.5. The molecule has 0 aliphatic rings. The van der Waals surface area contributed by atoms with Gasteiger partial charge in [0.05, 0.1) is 18.4 Å². The largest absolute Gasteiger partial charge is 0.467 e. The van der Waals surface area contributed by atoms with Crippen LogP contribution in [0.25, 0.3) is 11.4 Å². The molecule has 0 atom stereocenters. The van der Waals surface area contributed by atoms with E-state index in [9.17, 15) is 13.2 Å². The summed E-state index contributed by atoms with van der Waals surface area (Å²) in [5, 5.41) is 3.21. The van der Waals surface area contributed by atoms with Crippen LogP contribution < -0.4 is 5.32 Å². The van der Waals surface area contributed by atoms with Gasteiger partial charge in [-0.15, -0.1) is 0 Å². The van der Waals surface area contributed by atoms with Gasteiger partial charge in [0.15, 0.2) is 5.82 Å². The lowest BCUT2D eigenvalue weighted by molar-refractivity contribution is -0.137. The molecule has 0 radical (unpaired) electrons. The Morgan fingerprint density at radius 3 is 2.46 bits per heavy atom. The van der Waals surface area contributed by atoms with Crippen molar-refractivity contribution in [3.05, 3.63) is 65.2 Å². The van der Waals surface area contributed by atoms with Crippen molar-refractivity contribution < 1.29 is 17.6 Å². The molecule has 1 N–H and O–H groups in total. The van der Waals surface area contributed by atoms with Gasteiger partial charge in [-0.1, -0.05) is 23.7 Å². The van der Waals surface area contributed by atoms with E-state index in [1.807, 2.05) is 0 Å². The number of anilines is 1. The van der Waals surface area contributed by atoms with Crippen molar-refractivity contribution in [3.8, 4) is 11.4 Å². The lowest BCUT2D eigenvalue weighted by Crippen LogP contribution is -2.05. The predicted octanol–water partition coefficient (Wildman–Crippen LogP) is 5.02. The molecular formula is C16H11ClF3N3O. The Morgan fingerprint density at radius 2 is 1.83 bits per heavy atom. The van der Waals surface area contributed by atoms with Gasteiger partial charge >= 0.3 is 6.18 Å². The quantitative estimate of drug-likeness (QED) is 0.669. The van der Waals surface area contributed by atoms with Gasteiger partial charge in [-0.25, -0.2) is 9.97 Å². The summed E-state index contributed by atoms with van der Waals surface area (Å²) in [6, 6.07) is 9.67. The molecule has 3 rings (SSSR count). The highest BCUT2D eigenvalue weighted by Crippen LogP contribution is 2.30. The summed E-state index contributed by atoms with van der Waals surface area (Å²) < 4.78 is 43.0. The minimum Gasteiger partial charge on any atom is -0.467 e. The maximum atomic E-state index is 12.6. The van der Waals surface area contributed by atoms with E-state index in [4.69, 9.17) is 16.0 Å². The fourth-order valence-electron chi connectivity index (χ4n) is 2.04. The SMILES string of the molecule is FC(F)(F)c1ccc(-c2nc(Cl)cc(NCc3ccco3)n2)cc1. The molecule has 0 aliphatic heterocycles. The molecule has 0 aliphatic carbocycles. The van der Waals surface area contributed by atoms with Gasteiger partial charge in [-0.2, -0.15) is 13.2 Å². The Morgan fingerprint density at radius 1 is 1.08 bits per heavy atom. The number of hydrogen-bond acceptors (Lipinski definition) is 4. The first-order valence-corrected chi connectivity index (χ1v) is 7.28. The first-order valence-electron chi connectivity index (χ1n) is 6.90. The molecule has 1 aromatic carbocycles. The summed E-state index contributed by atoms with van der Waals surface area (Å²) in [7, 11) is 0. The van der Waals surface area contributed by atoms with Crippen LogP contribution in [0, 0.1) is 0 Å². The summed E-state index contributed by atoms with van der Waals surface area (Å²) in [5.41, 5.74) is -0.295. The molecule has 0 bridgehead atoms. The zero-order chi connectivity index (χ0) is 17.2. The van der Waals surface area contributed by atoms with Crippen LogP contribution in [-0.2, 0) is 12.7 Å².